The zero-order valence-corrected chi connectivity index (χ0v) is 19.9. The maximum absolute atomic E-state index is 6.20. The maximum atomic E-state index is 6.20. The molecule has 4 aromatic rings. The van der Waals surface area contributed by atoms with E-state index < -0.39 is 0 Å². The number of methoxy groups -OCH3 is 1. The summed E-state index contributed by atoms with van der Waals surface area (Å²) in [5.74, 6) is 3.51. The van der Waals surface area contributed by atoms with E-state index in [1.165, 1.54) is 0 Å². The van der Waals surface area contributed by atoms with Crippen LogP contribution in [-0.2, 0) is 0 Å². The van der Waals surface area contributed by atoms with E-state index in [9.17, 15) is 0 Å². The molecule has 4 rings (SSSR count). The molecule has 8 heteroatoms. The van der Waals surface area contributed by atoms with Crippen LogP contribution in [0.1, 0.15) is 18.9 Å². The molecule has 0 radical (unpaired) electrons. The molecule has 0 N–H and O–H groups in total. The lowest BCUT2D eigenvalue weighted by atomic mass is 10.3. The lowest BCUT2D eigenvalue weighted by molar-refractivity contribution is 0.204. The highest BCUT2D eigenvalue weighted by Gasteiger charge is 2.22. The van der Waals surface area contributed by atoms with Gasteiger partial charge < -0.3 is 14.2 Å². The minimum absolute atomic E-state index is 0.353. The second-order valence-corrected chi connectivity index (χ2v) is 8.57. The second kappa shape index (κ2) is 11.1. The van der Waals surface area contributed by atoms with E-state index in [1.807, 2.05) is 90.4 Å². The molecule has 0 saturated carbocycles. The summed E-state index contributed by atoms with van der Waals surface area (Å²) < 4.78 is 19.4. The molecule has 0 spiro atoms. The Morgan fingerprint density at radius 1 is 0.909 bits per heavy atom. The molecule has 170 valence electrons. The van der Waals surface area contributed by atoms with Crippen LogP contribution in [0.2, 0.25) is 5.02 Å². The number of ether oxygens (including phenoxy) is 3. The highest BCUT2D eigenvalue weighted by atomic mass is 35.5. The van der Waals surface area contributed by atoms with Crippen LogP contribution < -0.4 is 14.2 Å². The molecule has 3 aromatic carbocycles. The monoisotopic (exact) mass is 481 g/mol. The Morgan fingerprint density at radius 3 is 2.33 bits per heavy atom. The smallest absolute Gasteiger partial charge is 0.196 e. The summed E-state index contributed by atoms with van der Waals surface area (Å²) in [6.45, 7) is 2.48. The summed E-state index contributed by atoms with van der Waals surface area (Å²) >= 11 is 7.50. The number of nitrogens with zero attached hydrogens (tertiary/aromatic N) is 3. The molecule has 0 aliphatic carbocycles. The average Bonchev–Trinajstić information content (AvgIpc) is 3.28. The number of rotatable bonds is 10. The van der Waals surface area contributed by atoms with Crippen LogP contribution >= 0.6 is 23.4 Å². The SMILES string of the molecule is COc1ccccc1OC(C)c1nnc(SCCOc2ccc(Cl)cc2)n1-c1ccccc1. The molecule has 0 amide bonds. The summed E-state index contributed by atoms with van der Waals surface area (Å²) in [7, 11) is 1.63. The Morgan fingerprint density at radius 2 is 1.61 bits per heavy atom. The number of thioether (sulfide) groups is 1. The molecule has 0 bridgehead atoms. The first-order valence-electron chi connectivity index (χ1n) is 10.5. The molecule has 0 aliphatic heterocycles. The Labute approximate surface area is 202 Å². The first-order valence-corrected chi connectivity index (χ1v) is 11.8. The van der Waals surface area contributed by atoms with E-state index in [0.717, 1.165) is 16.6 Å². The van der Waals surface area contributed by atoms with Crippen molar-refractivity contribution in [2.45, 2.75) is 18.2 Å². The summed E-state index contributed by atoms with van der Waals surface area (Å²) in [5, 5.41) is 10.4. The third kappa shape index (κ3) is 5.80. The van der Waals surface area contributed by atoms with Gasteiger partial charge in [-0.05, 0) is 55.5 Å². The van der Waals surface area contributed by atoms with Gasteiger partial charge in [0.05, 0.1) is 13.7 Å². The Kier molecular flexibility index (Phi) is 7.75. The second-order valence-electron chi connectivity index (χ2n) is 7.07. The van der Waals surface area contributed by atoms with Crippen molar-refractivity contribution >= 4 is 23.4 Å². The predicted molar refractivity (Wildman–Crippen MR) is 131 cm³/mol. The van der Waals surface area contributed by atoms with E-state index in [-0.39, 0.29) is 6.10 Å². The van der Waals surface area contributed by atoms with Crippen LogP contribution in [-0.4, -0.2) is 34.2 Å². The quantitative estimate of drug-likeness (QED) is 0.197. The Balaban J connectivity index is 1.51. The molecular weight excluding hydrogens is 458 g/mol. The van der Waals surface area contributed by atoms with E-state index in [0.29, 0.717) is 34.7 Å². The van der Waals surface area contributed by atoms with Crippen molar-refractivity contribution in [3.8, 4) is 22.9 Å². The standard InChI is InChI=1S/C25H24ClN3O3S/c1-18(32-23-11-7-6-10-22(23)30-2)24-27-28-25(29(24)20-8-4-3-5-9-20)33-17-16-31-21-14-12-19(26)13-15-21/h3-15,18H,16-17H2,1-2H3. The summed E-state index contributed by atoms with van der Waals surface area (Å²) in [5.41, 5.74) is 0.967. The van der Waals surface area contributed by atoms with Gasteiger partial charge in [-0.1, -0.05) is 53.7 Å². The minimum Gasteiger partial charge on any atom is -0.493 e. The van der Waals surface area contributed by atoms with Crippen molar-refractivity contribution in [3.05, 3.63) is 89.7 Å². The van der Waals surface area contributed by atoms with Gasteiger partial charge in [0.1, 0.15) is 5.75 Å². The van der Waals surface area contributed by atoms with Gasteiger partial charge in [-0.2, -0.15) is 0 Å². The van der Waals surface area contributed by atoms with Gasteiger partial charge in [-0.25, -0.2) is 0 Å². The van der Waals surface area contributed by atoms with Gasteiger partial charge in [0, 0.05) is 16.5 Å². The van der Waals surface area contributed by atoms with E-state index in [4.69, 9.17) is 25.8 Å². The number of halogens is 1. The molecule has 1 unspecified atom stereocenters. The lowest BCUT2D eigenvalue weighted by Gasteiger charge is -2.18. The van der Waals surface area contributed by atoms with Crippen LogP contribution in [0.5, 0.6) is 17.2 Å². The number of benzene rings is 3. The van der Waals surface area contributed by atoms with Gasteiger partial charge >= 0.3 is 0 Å². The van der Waals surface area contributed by atoms with Crippen LogP contribution in [0.3, 0.4) is 0 Å². The highest BCUT2D eigenvalue weighted by molar-refractivity contribution is 7.99. The van der Waals surface area contributed by atoms with Crippen LogP contribution in [0, 0.1) is 0 Å². The molecule has 0 fully saturated rings. The number of hydrogen-bond donors (Lipinski definition) is 0. The summed E-state index contributed by atoms with van der Waals surface area (Å²) in [6.07, 6.45) is -0.353. The normalized spacial score (nSPS) is 11.7. The summed E-state index contributed by atoms with van der Waals surface area (Å²) in [4.78, 5) is 0. The number of para-hydroxylation sites is 3. The van der Waals surface area contributed by atoms with Crippen LogP contribution in [0.15, 0.2) is 84.0 Å². The minimum atomic E-state index is -0.353. The molecule has 1 aromatic heterocycles. The molecule has 33 heavy (non-hydrogen) atoms. The highest BCUT2D eigenvalue weighted by Crippen LogP contribution is 2.32. The third-order valence-electron chi connectivity index (χ3n) is 4.81. The zero-order valence-electron chi connectivity index (χ0n) is 18.3. The maximum Gasteiger partial charge on any atom is 0.196 e. The van der Waals surface area contributed by atoms with E-state index in [2.05, 4.69) is 10.2 Å². The van der Waals surface area contributed by atoms with Crippen molar-refractivity contribution in [3.63, 3.8) is 0 Å². The molecule has 0 saturated heterocycles. The van der Waals surface area contributed by atoms with Crippen molar-refractivity contribution in [2.75, 3.05) is 19.5 Å². The average molecular weight is 482 g/mol. The van der Waals surface area contributed by atoms with Crippen molar-refractivity contribution in [1.29, 1.82) is 0 Å². The van der Waals surface area contributed by atoms with Gasteiger partial charge in [0.15, 0.2) is 28.6 Å². The third-order valence-corrected chi connectivity index (χ3v) is 5.95. The van der Waals surface area contributed by atoms with Gasteiger partial charge in [-0.3, -0.25) is 4.57 Å². The lowest BCUT2D eigenvalue weighted by Crippen LogP contribution is -2.12. The summed E-state index contributed by atoms with van der Waals surface area (Å²) in [6, 6.07) is 24.9. The van der Waals surface area contributed by atoms with E-state index in [1.54, 1.807) is 18.9 Å². The van der Waals surface area contributed by atoms with Gasteiger partial charge in [0.25, 0.3) is 0 Å². The molecule has 6 nitrogen and oxygen atoms in total. The van der Waals surface area contributed by atoms with Gasteiger partial charge in [-0.15, -0.1) is 10.2 Å². The largest absolute Gasteiger partial charge is 0.493 e. The van der Waals surface area contributed by atoms with E-state index >= 15 is 0 Å². The first-order chi connectivity index (χ1) is 16.2. The fourth-order valence-electron chi connectivity index (χ4n) is 3.24. The first kappa shape index (κ1) is 23.0. The van der Waals surface area contributed by atoms with Crippen molar-refractivity contribution in [2.24, 2.45) is 0 Å². The Bertz CT molecular complexity index is 1170. The fourth-order valence-corrected chi connectivity index (χ4v) is 4.14. The molecular formula is C25H24ClN3O3S. The topological polar surface area (TPSA) is 58.4 Å². The van der Waals surface area contributed by atoms with Gasteiger partial charge in [0.2, 0.25) is 0 Å². The predicted octanol–water partition coefficient (Wildman–Crippen LogP) is 6.24. The van der Waals surface area contributed by atoms with Crippen LogP contribution in [0.4, 0.5) is 0 Å². The molecule has 1 heterocycles. The number of hydrogen-bond acceptors (Lipinski definition) is 6. The zero-order chi connectivity index (χ0) is 23.0. The van der Waals surface area contributed by atoms with Crippen LogP contribution in [0.25, 0.3) is 5.69 Å². The Hall–Kier alpha value is -3.16. The fraction of sp³-hybridized carbons (Fsp3) is 0.200. The molecule has 0 aliphatic rings. The van der Waals surface area contributed by atoms with Crippen molar-refractivity contribution in [1.82, 2.24) is 14.8 Å². The number of aromatic nitrogens is 3. The van der Waals surface area contributed by atoms with Crippen molar-refractivity contribution < 1.29 is 14.2 Å². The molecule has 1 atom stereocenters.